The monoisotopic (exact) mass is 256 g/mol. The molecular weight excluding hydrogens is 252 g/mol. The van der Waals surface area contributed by atoms with Crippen molar-refractivity contribution >= 4 is 15.9 Å². The summed E-state index contributed by atoms with van der Waals surface area (Å²) in [5.74, 6) is 0.219. The highest BCUT2D eigenvalue weighted by Crippen LogP contribution is 2.26. The summed E-state index contributed by atoms with van der Waals surface area (Å²) in [6, 6.07) is 2.65. The summed E-state index contributed by atoms with van der Waals surface area (Å²) in [4.78, 5) is 17.2. The second kappa shape index (κ2) is 3.30. The number of rotatable bonds is 1. The Labute approximate surface area is 86.5 Å². The summed E-state index contributed by atoms with van der Waals surface area (Å²) in [6.45, 7) is 0. The molecule has 0 saturated heterocycles. The maximum Gasteiger partial charge on any atom is 0.255 e. The van der Waals surface area contributed by atoms with Crippen molar-refractivity contribution in [1.29, 1.82) is 0 Å². The molecule has 0 aromatic carbocycles. The van der Waals surface area contributed by atoms with Gasteiger partial charge in [0.05, 0.1) is 16.8 Å². The molecule has 0 bridgehead atoms. The number of aromatic nitrogens is 2. The molecule has 0 aliphatic rings. The molecule has 5 nitrogen and oxygen atoms in total. The molecule has 2 heterocycles. The summed E-state index contributed by atoms with van der Waals surface area (Å²) < 4.78 is 5.73. The molecule has 2 aromatic heterocycles. The van der Waals surface area contributed by atoms with Crippen molar-refractivity contribution in [2.75, 3.05) is 0 Å². The van der Waals surface area contributed by atoms with E-state index in [9.17, 15) is 4.79 Å². The van der Waals surface area contributed by atoms with Gasteiger partial charge in [0.2, 0.25) is 5.88 Å². The van der Waals surface area contributed by atoms with Crippen LogP contribution in [0.5, 0.6) is 5.88 Å². The van der Waals surface area contributed by atoms with Crippen LogP contribution in [0.4, 0.5) is 0 Å². The Morgan fingerprint density at radius 2 is 2.36 bits per heavy atom. The van der Waals surface area contributed by atoms with Gasteiger partial charge in [0, 0.05) is 0 Å². The van der Waals surface area contributed by atoms with Crippen molar-refractivity contribution in [3.8, 4) is 17.5 Å². The average molecular weight is 257 g/mol. The van der Waals surface area contributed by atoms with Crippen molar-refractivity contribution in [3.05, 3.63) is 33.2 Å². The van der Waals surface area contributed by atoms with Gasteiger partial charge in [-0.3, -0.25) is 4.79 Å². The highest BCUT2D eigenvalue weighted by Gasteiger charge is 2.10. The molecule has 14 heavy (non-hydrogen) atoms. The van der Waals surface area contributed by atoms with E-state index in [0.717, 1.165) is 6.07 Å². The lowest BCUT2D eigenvalue weighted by Crippen LogP contribution is -2.06. The lowest BCUT2D eigenvalue weighted by atomic mass is 10.4. The minimum Gasteiger partial charge on any atom is -0.493 e. The van der Waals surface area contributed by atoms with Crippen LogP contribution in [0.2, 0.25) is 0 Å². The Balaban J connectivity index is 2.63. The summed E-state index contributed by atoms with van der Waals surface area (Å²) in [7, 11) is 0. The van der Waals surface area contributed by atoms with E-state index in [1.54, 1.807) is 6.07 Å². The van der Waals surface area contributed by atoms with E-state index in [4.69, 9.17) is 9.52 Å². The molecule has 6 heteroatoms. The molecule has 0 amide bonds. The third-order valence-corrected chi connectivity index (χ3v) is 2.18. The SMILES string of the molecule is O=c1cc(O)nc(-c2occc2Br)[nH]1. The largest absolute Gasteiger partial charge is 0.493 e. The molecule has 0 aliphatic heterocycles. The first-order valence-electron chi connectivity index (χ1n) is 3.70. The van der Waals surface area contributed by atoms with E-state index in [2.05, 4.69) is 25.9 Å². The van der Waals surface area contributed by atoms with E-state index >= 15 is 0 Å². The molecule has 2 rings (SSSR count). The number of H-pyrrole nitrogens is 1. The van der Waals surface area contributed by atoms with Crippen LogP contribution in [-0.2, 0) is 0 Å². The zero-order chi connectivity index (χ0) is 10.1. The first kappa shape index (κ1) is 9.01. The Hall–Kier alpha value is -1.56. The van der Waals surface area contributed by atoms with E-state index in [1.807, 2.05) is 0 Å². The Morgan fingerprint density at radius 3 is 2.93 bits per heavy atom. The quantitative estimate of drug-likeness (QED) is 0.811. The molecule has 0 unspecified atom stereocenters. The van der Waals surface area contributed by atoms with Gasteiger partial charge >= 0.3 is 0 Å². The molecule has 0 atom stereocenters. The van der Waals surface area contributed by atoms with Crippen LogP contribution in [0.15, 0.2) is 32.1 Å². The van der Waals surface area contributed by atoms with Crippen LogP contribution in [-0.4, -0.2) is 15.1 Å². The molecule has 0 radical (unpaired) electrons. The van der Waals surface area contributed by atoms with Gasteiger partial charge in [-0.25, -0.2) is 0 Å². The van der Waals surface area contributed by atoms with Crippen LogP contribution in [0.3, 0.4) is 0 Å². The van der Waals surface area contributed by atoms with Crippen LogP contribution in [0.1, 0.15) is 0 Å². The van der Waals surface area contributed by atoms with Crippen molar-refractivity contribution in [2.24, 2.45) is 0 Å². The second-order valence-corrected chi connectivity index (χ2v) is 3.40. The number of furan rings is 1. The maximum absolute atomic E-state index is 11.0. The predicted octanol–water partition coefficient (Wildman–Crippen LogP) is 1.50. The number of aromatic hydroxyl groups is 1. The average Bonchev–Trinajstić information content (AvgIpc) is 2.49. The smallest absolute Gasteiger partial charge is 0.255 e. The van der Waals surface area contributed by atoms with Gasteiger partial charge in [0.15, 0.2) is 11.6 Å². The first-order chi connectivity index (χ1) is 6.66. The Morgan fingerprint density at radius 1 is 1.57 bits per heavy atom. The van der Waals surface area contributed by atoms with Gasteiger partial charge < -0.3 is 14.5 Å². The number of nitrogens with one attached hydrogen (secondary N) is 1. The topological polar surface area (TPSA) is 79.1 Å². The van der Waals surface area contributed by atoms with Crippen LogP contribution in [0, 0.1) is 0 Å². The lowest BCUT2D eigenvalue weighted by molar-refractivity contribution is 0.450. The zero-order valence-corrected chi connectivity index (χ0v) is 8.41. The Kier molecular flexibility index (Phi) is 2.12. The summed E-state index contributed by atoms with van der Waals surface area (Å²) in [6.07, 6.45) is 1.45. The van der Waals surface area contributed by atoms with Crippen molar-refractivity contribution in [1.82, 2.24) is 9.97 Å². The number of nitrogens with zero attached hydrogens (tertiary/aromatic N) is 1. The third-order valence-electron chi connectivity index (χ3n) is 1.56. The number of aromatic amines is 1. The lowest BCUT2D eigenvalue weighted by Gasteiger charge is -1.97. The normalized spacial score (nSPS) is 10.4. The van der Waals surface area contributed by atoms with Gasteiger partial charge in [0.25, 0.3) is 5.56 Å². The minimum atomic E-state index is -0.434. The molecular formula is C8H5BrN2O3. The fourth-order valence-corrected chi connectivity index (χ4v) is 1.40. The van der Waals surface area contributed by atoms with Crippen LogP contribution in [0.25, 0.3) is 11.6 Å². The van der Waals surface area contributed by atoms with Gasteiger partial charge in [-0.15, -0.1) is 0 Å². The summed E-state index contributed by atoms with van der Waals surface area (Å²) >= 11 is 3.21. The molecule has 0 fully saturated rings. The highest BCUT2D eigenvalue weighted by atomic mass is 79.9. The van der Waals surface area contributed by atoms with Crippen molar-refractivity contribution in [2.45, 2.75) is 0 Å². The van der Waals surface area contributed by atoms with Crippen LogP contribution >= 0.6 is 15.9 Å². The molecule has 0 saturated carbocycles. The van der Waals surface area contributed by atoms with E-state index in [-0.39, 0.29) is 11.7 Å². The first-order valence-corrected chi connectivity index (χ1v) is 4.50. The van der Waals surface area contributed by atoms with Crippen LogP contribution < -0.4 is 5.56 Å². The van der Waals surface area contributed by atoms with E-state index < -0.39 is 5.56 Å². The summed E-state index contributed by atoms with van der Waals surface area (Å²) in [5, 5.41) is 9.10. The molecule has 2 N–H and O–H groups in total. The predicted molar refractivity (Wildman–Crippen MR) is 51.9 cm³/mol. The van der Waals surface area contributed by atoms with E-state index in [0.29, 0.717) is 10.2 Å². The number of hydrogen-bond donors (Lipinski definition) is 2. The molecule has 2 aromatic rings. The zero-order valence-electron chi connectivity index (χ0n) is 6.82. The highest BCUT2D eigenvalue weighted by molar-refractivity contribution is 9.10. The van der Waals surface area contributed by atoms with E-state index in [1.165, 1.54) is 6.26 Å². The number of hydrogen-bond acceptors (Lipinski definition) is 4. The third kappa shape index (κ3) is 1.56. The van der Waals surface area contributed by atoms with Crippen molar-refractivity contribution < 1.29 is 9.52 Å². The fraction of sp³-hybridized carbons (Fsp3) is 0. The molecule has 72 valence electrons. The van der Waals surface area contributed by atoms with Gasteiger partial charge in [-0.2, -0.15) is 4.98 Å². The summed E-state index contributed by atoms with van der Waals surface area (Å²) in [5.41, 5.74) is -0.434. The molecule has 0 spiro atoms. The van der Waals surface area contributed by atoms with Gasteiger partial charge in [-0.1, -0.05) is 0 Å². The second-order valence-electron chi connectivity index (χ2n) is 2.55. The van der Waals surface area contributed by atoms with Gasteiger partial charge in [0.1, 0.15) is 0 Å². The fourth-order valence-electron chi connectivity index (χ4n) is 1.02. The van der Waals surface area contributed by atoms with Crippen molar-refractivity contribution in [3.63, 3.8) is 0 Å². The maximum atomic E-state index is 11.0. The number of halogens is 1. The standard InChI is InChI=1S/C8H5BrN2O3/c9-4-1-2-14-7(4)8-10-5(12)3-6(13)11-8/h1-3H,(H2,10,11,12,13). The Bertz CT molecular complexity index is 517. The minimum absolute atomic E-state index is 0.187. The van der Waals surface area contributed by atoms with Gasteiger partial charge in [-0.05, 0) is 22.0 Å². The molecule has 0 aliphatic carbocycles.